The number of aldehydes is 1. The van der Waals surface area contributed by atoms with Crippen LogP contribution < -0.4 is 9.47 Å². The second-order valence-corrected chi connectivity index (χ2v) is 5.47. The third kappa shape index (κ3) is 3.55. The molecule has 0 saturated carbocycles. The molecule has 0 aliphatic rings. The smallest absolute Gasteiger partial charge is 0.227 e. The van der Waals surface area contributed by atoms with E-state index in [0.717, 1.165) is 16.7 Å². The number of hydrogen-bond acceptors (Lipinski definition) is 5. The Balaban J connectivity index is 1.87. The van der Waals surface area contributed by atoms with E-state index >= 15 is 0 Å². The van der Waals surface area contributed by atoms with Gasteiger partial charge in [-0.15, -0.1) is 0 Å². The molecule has 128 valence electrons. The fraction of sp³-hybridized carbons (Fsp3) is 0.0952. The van der Waals surface area contributed by atoms with Gasteiger partial charge in [-0.25, -0.2) is 0 Å². The number of aromatic nitrogens is 1. The lowest BCUT2D eigenvalue weighted by Gasteiger charge is -2.11. The van der Waals surface area contributed by atoms with Gasteiger partial charge in [0, 0.05) is 11.6 Å². The van der Waals surface area contributed by atoms with Crippen LogP contribution in [-0.2, 0) is 6.61 Å². The number of nitriles is 1. The van der Waals surface area contributed by atoms with Crippen LogP contribution in [0.5, 0.6) is 11.8 Å². The molecule has 0 aliphatic heterocycles. The summed E-state index contributed by atoms with van der Waals surface area (Å²) < 4.78 is 10.8. The molecule has 26 heavy (non-hydrogen) atoms. The van der Waals surface area contributed by atoms with E-state index in [9.17, 15) is 10.1 Å². The standard InChI is InChI=1S/C21H16N2O3/c1-25-21-16(13-24)10-11-20(23-21)26-14-17-8-5-9-18(19(17)12-22)15-6-3-2-4-7-15/h2-11,13H,14H2,1H3. The van der Waals surface area contributed by atoms with E-state index < -0.39 is 0 Å². The lowest BCUT2D eigenvalue weighted by molar-refractivity contribution is 0.111. The van der Waals surface area contributed by atoms with Crippen molar-refractivity contribution in [3.05, 3.63) is 77.4 Å². The molecule has 0 unspecified atom stereocenters. The number of nitrogens with zero attached hydrogens (tertiary/aromatic N) is 2. The first kappa shape index (κ1) is 17.2. The fourth-order valence-corrected chi connectivity index (χ4v) is 2.63. The maximum Gasteiger partial charge on any atom is 0.227 e. The second-order valence-electron chi connectivity index (χ2n) is 5.47. The van der Waals surface area contributed by atoms with E-state index in [-0.39, 0.29) is 12.5 Å². The average molecular weight is 344 g/mol. The molecule has 5 nitrogen and oxygen atoms in total. The van der Waals surface area contributed by atoms with Crippen LogP contribution in [0.4, 0.5) is 0 Å². The molecule has 3 aromatic rings. The van der Waals surface area contributed by atoms with Gasteiger partial charge in [0.15, 0.2) is 6.29 Å². The highest BCUT2D eigenvalue weighted by molar-refractivity contribution is 5.78. The fourth-order valence-electron chi connectivity index (χ4n) is 2.63. The normalized spacial score (nSPS) is 10.0. The zero-order chi connectivity index (χ0) is 18.4. The third-order valence-corrected chi connectivity index (χ3v) is 3.91. The molecule has 0 N–H and O–H groups in total. The molecule has 5 heteroatoms. The van der Waals surface area contributed by atoms with Gasteiger partial charge in [-0.2, -0.15) is 10.2 Å². The molecule has 1 heterocycles. The van der Waals surface area contributed by atoms with E-state index in [2.05, 4.69) is 11.1 Å². The number of ether oxygens (including phenoxy) is 2. The van der Waals surface area contributed by atoms with Crippen molar-refractivity contribution in [3.63, 3.8) is 0 Å². The van der Waals surface area contributed by atoms with E-state index in [4.69, 9.17) is 9.47 Å². The lowest BCUT2D eigenvalue weighted by atomic mass is 9.96. The Morgan fingerprint density at radius 3 is 2.58 bits per heavy atom. The van der Waals surface area contributed by atoms with Crippen molar-refractivity contribution in [1.82, 2.24) is 4.98 Å². The first-order chi connectivity index (χ1) is 12.8. The van der Waals surface area contributed by atoms with Crippen LogP contribution in [0.25, 0.3) is 11.1 Å². The first-order valence-electron chi connectivity index (χ1n) is 7.97. The van der Waals surface area contributed by atoms with Gasteiger partial charge in [0.2, 0.25) is 11.8 Å². The largest absolute Gasteiger partial charge is 0.480 e. The van der Waals surface area contributed by atoms with Crippen molar-refractivity contribution in [2.75, 3.05) is 7.11 Å². The van der Waals surface area contributed by atoms with Crippen molar-refractivity contribution in [2.24, 2.45) is 0 Å². The Kier molecular flexibility index (Phi) is 5.25. The van der Waals surface area contributed by atoms with Crippen LogP contribution in [-0.4, -0.2) is 18.4 Å². The molecule has 0 atom stereocenters. The number of carbonyl (C=O) groups excluding carboxylic acids is 1. The predicted molar refractivity (Wildman–Crippen MR) is 97.1 cm³/mol. The van der Waals surface area contributed by atoms with Crippen molar-refractivity contribution < 1.29 is 14.3 Å². The molecule has 1 aromatic heterocycles. The molecule has 2 aromatic carbocycles. The van der Waals surface area contributed by atoms with E-state index in [1.54, 1.807) is 12.1 Å². The highest BCUT2D eigenvalue weighted by Crippen LogP contribution is 2.27. The Morgan fingerprint density at radius 1 is 1.08 bits per heavy atom. The number of pyridine rings is 1. The third-order valence-electron chi connectivity index (χ3n) is 3.91. The van der Waals surface area contributed by atoms with E-state index in [1.807, 2.05) is 48.5 Å². The zero-order valence-electron chi connectivity index (χ0n) is 14.2. The lowest BCUT2D eigenvalue weighted by Crippen LogP contribution is -2.02. The second kappa shape index (κ2) is 7.95. The summed E-state index contributed by atoms with van der Waals surface area (Å²) in [5.74, 6) is 0.525. The van der Waals surface area contributed by atoms with Crippen molar-refractivity contribution in [2.45, 2.75) is 6.61 Å². The van der Waals surface area contributed by atoms with E-state index in [0.29, 0.717) is 23.3 Å². The van der Waals surface area contributed by atoms with Gasteiger partial charge in [0.1, 0.15) is 12.7 Å². The quantitative estimate of drug-likeness (QED) is 0.632. The van der Waals surface area contributed by atoms with E-state index in [1.165, 1.54) is 7.11 Å². The SMILES string of the molecule is COc1nc(OCc2cccc(-c3ccccc3)c2C#N)ccc1C=O. The minimum Gasteiger partial charge on any atom is -0.480 e. The first-order valence-corrected chi connectivity index (χ1v) is 7.97. The Hall–Kier alpha value is -3.65. The Morgan fingerprint density at radius 2 is 1.88 bits per heavy atom. The van der Waals surface area contributed by atoms with Gasteiger partial charge >= 0.3 is 0 Å². The number of hydrogen-bond donors (Lipinski definition) is 0. The van der Waals surface area contributed by atoms with Gasteiger partial charge in [0.05, 0.1) is 18.2 Å². The minimum atomic E-state index is 0.181. The summed E-state index contributed by atoms with van der Waals surface area (Å²) in [5.41, 5.74) is 3.50. The van der Waals surface area contributed by atoms with Crippen LogP contribution in [0, 0.1) is 11.3 Å². The van der Waals surface area contributed by atoms with Crippen LogP contribution in [0.1, 0.15) is 21.5 Å². The van der Waals surface area contributed by atoms with Crippen LogP contribution in [0.15, 0.2) is 60.7 Å². The topological polar surface area (TPSA) is 72.2 Å². The van der Waals surface area contributed by atoms with Crippen LogP contribution in [0.3, 0.4) is 0 Å². The average Bonchev–Trinajstić information content (AvgIpc) is 2.72. The van der Waals surface area contributed by atoms with Gasteiger partial charge in [-0.1, -0.05) is 48.5 Å². The summed E-state index contributed by atoms with van der Waals surface area (Å²) in [6.07, 6.45) is 0.673. The van der Waals surface area contributed by atoms with Crippen LogP contribution in [0.2, 0.25) is 0 Å². The molecule has 3 rings (SSSR count). The number of benzene rings is 2. The van der Waals surface area contributed by atoms with Crippen molar-refractivity contribution >= 4 is 6.29 Å². The maximum absolute atomic E-state index is 10.9. The minimum absolute atomic E-state index is 0.181. The number of methoxy groups -OCH3 is 1. The molecule has 0 radical (unpaired) electrons. The van der Waals surface area contributed by atoms with Gasteiger partial charge < -0.3 is 9.47 Å². The predicted octanol–water partition coefficient (Wildman–Crippen LogP) is 4.02. The van der Waals surface area contributed by atoms with Gasteiger partial charge in [0.25, 0.3) is 0 Å². The molecular formula is C21H16N2O3. The summed E-state index contributed by atoms with van der Waals surface area (Å²) >= 11 is 0. The molecule has 0 spiro atoms. The molecule has 0 saturated heterocycles. The number of carbonyl (C=O) groups is 1. The van der Waals surface area contributed by atoms with Gasteiger partial charge in [-0.05, 0) is 17.2 Å². The molecule has 0 amide bonds. The molecule has 0 aliphatic carbocycles. The highest BCUT2D eigenvalue weighted by atomic mass is 16.5. The van der Waals surface area contributed by atoms with Crippen molar-refractivity contribution in [1.29, 1.82) is 5.26 Å². The van der Waals surface area contributed by atoms with Crippen molar-refractivity contribution in [3.8, 4) is 29.0 Å². The molecule has 0 fully saturated rings. The summed E-state index contributed by atoms with van der Waals surface area (Å²) in [4.78, 5) is 15.1. The zero-order valence-corrected chi connectivity index (χ0v) is 14.2. The van der Waals surface area contributed by atoms with Crippen LogP contribution >= 0.6 is 0 Å². The Bertz CT molecular complexity index is 963. The molecular weight excluding hydrogens is 328 g/mol. The van der Waals surface area contributed by atoms with Gasteiger partial charge in [-0.3, -0.25) is 4.79 Å². The summed E-state index contributed by atoms with van der Waals surface area (Å²) in [6.45, 7) is 0.181. The summed E-state index contributed by atoms with van der Waals surface area (Å²) in [6, 6.07) is 20.8. The summed E-state index contributed by atoms with van der Waals surface area (Å²) in [5, 5.41) is 9.63. The summed E-state index contributed by atoms with van der Waals surface area (Å²) in [7, 11) is 1.44. The number of rotatable bonds is 6. The monoisotopic (exact) mass is 344 g/mol. The Labute approximate surface area is 151 Å². The highest BCUT2D eigenvalue weighted by Gasteiger charge is 2.11. The molecule has 0 bridgehead atoms. The maximum atomic E-state index is 10.9.